The minimum atomic E-state index is -2.80. The quantitative estimate of drug-likeness (QED) is 0.398. The summed E-state index contributed by atoms with van der Waals surface area (Å²) in [5.41, 5.74) is 5.13. The Morgan fingerprint density at radius 3 is 2.63 bits per heavy atom. The normalized spacial score (nSPS) is 16.1. The minimum Gasteiger partial charge on any atom is -0.477 e. The van der Waals surface area contributed by atoms with Gasteiger partial charge in [0, 0.05) is 36.7 Å². The van der Waals surface area contributed by atoms with Gasteiger partial charge in [0.2, 0.25) is 5.95 Å². The maximum atomic E-state index is 13.3. The number of fused-ring (bicyclic) bond motifs is 1. The molecule has 0 radical (unpaired) electrons. The van der Waals surface area contributed by atoms with E-state index in [9.17, 15) is 13.6 Å². The SMILES string of the molecule is COc1nnc(N2CCc3cc(C(=O)N4CC(F)(F)C4)n(C)c3C2)nc1Nc1ccc(-c2cn[nH]c2)cc1. The number of methoxy groups -OCH3 is 1. The maximum Gasteiger partial charge on any atom is 0.282 e. The van der Waals surface area contributed by atoms with Crippen LogP contribution in [0, 0.1) is 0 Å². The number of alkyl halides is 2. The molecule has 13 heteroatoms. The van der Waals surface area contributed by atoms with Crippen molar-refractivity contribution in [2.75, 3.05) is 37.0 Å². The first-order valence-electron chi connectivity index (χ1n) is 12.1. The average Bonchev–Trinajstić information content (AvgIpc) is 3.56. The first-order valence-corrected chi connectivity index (χ1v) is 12.1. The summed E-state index contributed by atoms with van der Waals surface area (Å²) in [4.78, 5) is 20.6. The molecule has 0 spiro atoms. The van der Waals surface area contributed by atoms with Gasteiger partial charge in [-0.2, -0.15) is 10.1 Å². The summed E-state index contributed by atoms with van der Waals surface area (Å²) in [6.45, 7) is -0.0244. The zero-order valence-corrected chi connectivity index (χ0v) is 20.8. The molecule has 2 N–H and O–H groups in total. The molecule has 1 amide bonds. The Morgan fingerprint density at radius 2 is 1.95 bits per heavy atom. The third-order valence-electron chi connectivity index (χ3n) is 6.89. The van der Waals surface area contributed by atoms with Crippen molar-refractivity contribution in [1.82, 2.24) is 34.8 Å². The molecule has 1 fully saturated rings. The van der Waals surface area contributed by atoms with Crippen LogP contribution in [0.15, 0.2) is 42.7 Å². The number of carbonyl (C=O) groups is 1. The van der Waals surface area contributed by atoms with Crippen LogP contribution in [-0.2, 0) is 20.0 Å². The molecule has 0 bridgehead atoms. The molecule has 0 unspecified atom stereocenters. The highest BCUT2D eigenvalue weighted by molar-refractivity contribution is 5.94. The number of H-pyrrole nitrogens is 1. The molecule has 0 aliphatic carbocycles. The number of nitrogens with zero attached hydrogens (tertiary/aromatic N) is 7. The number of ether oxygens (including phenoxy) is 1. The van der Waals surface area contributed by atoms with E-state index in [2.05, 4.69) is 30.7 Å². The number of benzene rings is 1. The first kappa shape index (κ1) is 23.8. The Kier molecular flexibility index (Phi) is 5.69. The number of nitrogens with one attached hydrogen (secondary N) is 2. The van der Waals surface area contributed by atoms with Crippen molar-refractivity contribution in [3.63, 3.8) is 0 Å². The van der Waals surface area contributed by atoms with Crippen LogP contribution in [0.2, 0.25) is 0 Å². The summed E-state index contributed by atoms with van der Waals surface area (Å²) in [5.74, 6) is -2.11. The minimum absolute atomic E-state index is 0.253. The lowest BCUT2D eigenvalue weighted by Crippen LogP contribution is -2.58. The fraction of sp³-hybridized carbons (Fsp3) is 0.320. The number of likely N-dealkylation sites (tertiary alicyclic amines) is 1. The summed E-state index contributed by atoms with van der Waals surface area (Å²) in [7, 11) is 3.28. The number of rotatable bonds is 6. The van der Waals surface area contributed by atoms with Crippen LogP contribution < -0.4 is 15.0 Å². The van der Waals surface area contributed by atoms with Gasteiger partial charge in [-0.25, -0.2) is 8.78 Å². The molecule has 0 saturated carbocycles. The molecule has 11 nitrogen and oxygen atoms in total. The fourth-order valence-electron chi connectivity index (χ4n) is 4.79. The maximum absolute atomic E-state index is 13.3. The van der Waals surface area contributed by atoms with Gasteiger partial charge in [0.15, 0.2) is 5.82 Å². The zero-order valence-electron chi connectivity index (χ0n) is 20.8. The molecular weight excluding hydrogens is 496 g/mol. The van der Waals surface area contributed by atoms with E-state index in [4.69, 9.17) is 4.74 Å². The standard InChI is InChI=1S/C25H25F2N9O2/c1-34-19(23(37)36-13-25(26,27)14-36)9-16-7-8-35(12-20(16)34)24-31-21(22(38-2)32-33-24)30-18-5-3-15(4-6-18)17-10-28-29-11-17/h3-6,9-11H,7-8,12-14H2,1-2H3,(H,28,29)(H,30,31,33). The molecular formula is C25H25F2N9O2. The summed E-state index contributed by atoms with van der Waals surface area (Å²) in [6.07, 6.45) is 4.23. The molecule has 5 heterocycles. The first-order chi connectivity index (χ1) is 18.3. The number of aromatic amines is 1. The number of hydrogen-bond acceptors (Lipinski definition) is 8. The number of aromatic nitrogens is 6. The van der Waals surface area contributed by atoms with Crippen molar-refractivity contribution in [3.05, 3.63) is 59.7 Å². The fourth-order valence-corrected chi connectivity index (χ4v) is 4.79. The summed E-state index contributed by atoms with van der Waals surface area (Å²) in [6, 6.07) is 9.59. The van der Waals surface area contributed by atoms with Crippen LogP contribution in [0.1, 0.15) is 21.7 Å². The van der Waals surface area contributed by atoms with E-state index in [-0.39, 0.29) is 11.8 Å². The molecule has 2 aliphatic rings. The highest BCUT2D eigenvalue weighted by Crippen LogP contribution is 2.32. The van der Waals surface area contributed by atoms with Crippen molar-refractivity contribution < 1.29 is 18.3 Å². The van der Waals surface area contributed by atoms with Gasteiger partial charge in [0.05, 0.1) is 32.9 Å². The zero-order chi connectivity index (χ0) is 26.4. The summed E-state index contributed by atoms with van der Waals surface area (Å²) in [5, 5.41) is 18.5. The highest BCUT2D eigenvalue weighted by Gasteiger charge is 2.47. The second-order valence-electron chi connectivity index (χ2n) is 9.41. The number of anilines is 3. The van der Waals surface area contributed by atoms with Gasteiger partial charge in [-0.15, -0.1) is 10.2 Å². The molecule has 38 heavy (non-hydrogen) atoms. The van der Waals surface area contributed by atoms with E-state index < -0.39 is 19.0 Å². The third kappa shape index (κ3) is 4.29. The van der Waals surface area contributed by atoms with E-state index in [1.807, 2.05) is 35.4 Å². The van der Waals surface area contributed by atoms with Crippen LogP contribution in [0.25, 0.3) is 11.1 Å². The Bertz CT molecular complexity index is 1480. The highest BCUT2D eigenvalue weighted by atomic mass is 19.3. The Hall–Kier alpha value is -4.55. The van der Waals surface area contributed by atoms with E-state index in [0.29, 0.717) is 37.0 Å². The topological polar surface area (TPSA) is 117 Å². The largest absolute Gasteiger partial charge is 0.477 e. The Morgan fingerprint density at radius 1 is 1.16 bits per heavy atom. The number of hydrogen-bond donors (Lipinski definition) is 2. The summed E-state index contributed by atoms with van der Waals surface area (Å²) >= 11 is 0. The van der Waals surface area contributed by atoms with E-state index in [1.54, 1.807) is 23.9 Å². The molecule has 196 valence electrons. The Labute approximate surface area is 216 Å². The predicted octanol–water partition coefficient (Wildman–Crippen LogP) is 3.01. The van der Waals surface area contributed by atoms with Crippen molar-refractivity contribution in [1.29, 1.82) is 0 Å². The third-order valence-corrected chi connectivity index (χ3v) is 6.89. The number of halogens is 2. The van der Waals surface area contributed by atoms with Gasteiger partial charge in [0.25, 0.3) is 17.7 Å². The van der Waals surface area contributed by atoms with E-state index >= 15 is 0 Å². The van der Waals surface area contributed by atoms with Crippen LogP contribution in [0.3, 0.4) is 0 Å². The van der Waals surface area contributed by atoms with Crippen molar-refractivity contribution in [2.45, 2.75) is 18.9 Å². The monoisotopic (exact) mass is 521 g/mol. The molecule has 1 saturated heterocycles. The van der Waals surface area contributed by atoms with Crippen LogP contribution in [-0.4, -0.2) is 73.4 Å². The second-order valence-corrected chi connectivity index (χ2v) is 9.41. The van der Waals surface area contributed by atoms with Gasteiger partial charge in [-0.3, -0.25) is 9.89 Å². The van der Waals surface area contributed by atoms with Gasteiger partial charge >= 0.3 is 0 Å². The Balaban J connectivity index is 1.21. The van der Waals surface area contributed by atoms with Crippen molar-refractivity contribution in [3.8, 4) is 17.0 Å². The smallest absolute Gasteiger partial charge is 0.282 e. The van der Waals surface area contributed by atoms with Crippen molar-refractivity contribution in [2.24, 2.45) is 7.05 Å². The predicted molar refractivity (Wildman–Crippen MR) is 135 cm³/mol. The molecule has 2 aliphatic heterocycles. The molecule has 1 aromatic carbocycles. The lowest BCUT2D eigenvalue weighted by molar-refractivity contribution is -0.113. The van der Waals surface area contributed by atoms with Crippen LogP contribution >= 0.6 is 0 Å². The van der Waals surface area contributed by atoms with E-state index in [0.717, 1.165) is 28.1 Å². The molecule has 6 rings (SSSR count). The lowest BCUT2D eigenvalue weighted by atomic mass is 10.1. The number of amides is 1. The van der Waals surface area contributed by atoms with Crippen LogP contribution in [0.5, 0.6) is 5.88 Å². The summed E-state index contributed by atoms with van der Waals surface area (Å²) < 4.78 is 33.7. The second kappa shape index (κ2) is 9.08. The van der Waals surface area contributed by atoms with Gasteiger partial charge in [0.1, 0.15) is 5.69 Å². The van der Waals surface area contributed by atoms with E-state index in [1.165, 1.54) is 12.0 Å². The average molecular weight is 522 g/mol. The lowest BCUT2D eigenvalue weighted by Gasteiger charge is -2.38. The van der Waals surface area contributed by atoms with Gasteiger partial charge in [-0.1, -0.05) is 12.1 Å². The molecule has 4 aromatic rings. The molecule has 0 atom stereocenters. The van der Waals surface area contributed by atoms with Gasteiger partial charge < -0.3 is 24.4 Å². The number of carbonyl (C=O) groups excluding carboxylic acids is 1. The molecule has 3 aromatic heterocycles. The van der Waals surface area contributed by atoms with Gasteiger partial charge in [-0.05, 0) is 35.7 Å². The van der Waals surface area contributed by atoms with Crippen LogP contribution in [0.4, 0.5) is 26.2 Å². The van der Waals surface area contributed by atoms with Crippen molar-refractivity contribution >= 4 is 23.4 Å².